The first-order valence-corrected chi connectivity index (χ1v) is 7.45. The van der Waals surface area contributed by atoms with Crippen LogP contribution in [-0.2, 0) is 10.0 Å². The monoisotopic (exact) mass is 250 g/mol. The molecular weight excluding hydrogens is 228 g/mol. The van der Waals surface area contributed by atoms with Crippen molar-refractivity contribution in [3.63, 3.8) is 0 Å². The highest BCUT2D eigenvalue weighted by Gasteiger charge is 2.26. The number of β-amino-alcohol motifs (C(OH)–C–C–N with tert-alkyl or cyclic N) is 1. The summed E-state index contributed by atoms with van der Waals surface area (Å²) >= 11 is 0. The van der Waals surface area contributed by atoms with Gasteiger partial charge in [-0.2, -0.15) is 4.31 Å². The lowest BCUT2D eigenvalue weighted by atomic mass is 10.3. The molecule has 0 amide bonds. The molecule has 1 unspecified atom stereocenters. The molecule has 0 spiro atoms. The Morgan fingerprint density at radius 1 is 1.25 bits per heavy atom. The highest BCUT2D eigenvalue weighted by atomic mass is 32.2. The summed E-state index contributed by atoms with van der Waals surface area (Å²) in [4.78, 5) is 2.10. The summed E-state index contributed by atoms with van der Waals surface area (Å²) in [6, 6.07) is 0. The lowest BCUT2D eigenvalue weighted by Crippen LogP contribution is -2.50. The van der Waals surface area contributed by atoms with E-state index >= 15 is 0 Å². The second-order valence-corrected chi connectivity index (χ2v) is 6.45. The number of nitrogens with zero attached hydrogens (tertiary/aromatic N) is 2. The number of hydrogen-bond acceptors (Lipinski definition) is 4. The molecule has 0 bridgehead atoms. The van der Waals surface area contributed by atoms with Gasteiger partial charge >= 0.3 is 0 Å². The predicted molar refractivity (Wildman–Crippen MR) is 63.8 cm³/mol. The normalized spacial score (nSPS) is 22.2. The average molecular weight is 250 g/mol. The summed E-state index contributed by atoms with van der Waals surface area (Å²) in [6.45, 7) is 6.79. The van der Waals surface area contributed by atoms with Crippen LogP contribution in [0.5, 0.6) is 0 Å². The third-order valence-corrected chi connectivity index (χ3v) is 4.79. The first-order chi connectivity index (χ1) is 7.45. The number of piperazine rings is 1. The van der Waals surface area contributed by atoms with Gasteiger partial charge in [0.05, 0.1) is 11.9 Å². The van der Waals surface area contributed by atoms with E-state index in [1.54, 1.807) is 11.2 Å². The molecule has 0 aromatic rings. The van der Waals surface area contributed by atoms with Crippen LogP contribution in [0.1, 0.15) is 20.3 Å². The summed E-state index contributed by atoms with van der Waals surface area (Å²) in [7, 11) is -3.04. The molecule has 0 aromatic heterocycles. The molecule has 1 N–H and O–H groups in total. The van der Waals surface area contributed by atoms with Crippen LogP contribution in [0.4, 0.5) is 0 Å². The van der Waals surface area contributed by atoms with Gasteiger partial charge in [0.25, 0.3) is 0 Å². The van der Waals surface area contributed by atoms with Crippen LogP contribution in [-0.4, -0.2) is 67.3 Å². The highest BCUT2D eigenvalue weighted by Crippen LogP contribution is 2.09. The Morgan fingerprint density at radius 2 is 1.81 bits per heavy atom. The maximum atomic E-state index is 11.8. The fraction of sp³-hybridized carbons (Fsp3) is 1.00. The van der Waals surface area contributed by atoms with E-state index in [-0.39, 0.29) is 11.9 Å². The third kappa shape index (κ3) is 4.01. The van der Waals surface area contributed by atoms with Crippen LogP contribution in [0.2, 0.25) is 0 Å². The van der Waals surface area contributed by atoms with Crippen molar-refractivity contribution in [1.29, 1.82) is 0 Å². The van der Waals surface area contributed by atoms with Crippen LogP contribution in [0.25, 0.3) is 0 Å². The van der Waals surface area contributed by atoms with Crippen LogP contribution in [0.15, 0.2) is 0 Å². The first kappa shape index (κ1) is 13.9. The minimum atomic E-state index is -3.04. The van der Waals surface area contributed by atoms with Crippen molar-refractivity contribution in [3.05, 3.63) is 0 Å². The summed E-state index contributed by atoms with van der Waals surface area (Å²) in [5.41, 5.74) is 0. The quantitative estimate of drug-likeness (QED) is 0.729. The van der Waals surface area contributed by atoms with Gasteiger partial charge in [-0.25, -0.2) is 8.42 Å². The van der Waals surface area contributed by atoms with E-state index in [4.69, 9.17) is 0 Å². The molecule has 1 fully saturated rings. The van der Waals surface area contributed by atoms with E-state index in [2.05, 4.69) is 4.90 Å². The van der Waals surface area contributed by atoms with Gasteiger partial charge in [0.15, 0.2) is 0 Å². The molecule has 6 heteroatoms. The van der Waals surface area contributed by atoms with Crippen molar-refractivity contribution in [1.82, 2.24) is 9.21 Å². The van der Waals surface area contributed by atoms with Gasteiger partial charge in [0.2, 0.25) is 10.0 Å². The van der Waals surface area contributed by atoms with Crippen LogP contribution in [0.3, 0.4) is 0 Å². The van der Waals surface area contributed by atoms with Gasteiger partial charge in [-0.05, 0) is 13.3 Å². The zero-order chi connectivity index (χ0) is 12.2. The molecule has 1 heterocycles. The second-order valence-electron chi connectivity index (χ2n) is 4.36. The molecule has 1 saturated heterocycles. The molecule has 0 aliphatic carbocycles. The van der Waals surface area contributed by atoms with Crippen molar-refractivity contribution >= 4 is 10.0 Å². The van der Waals surface area contributed by atoms with E-state index in [1.165, 1.54) is 0 Å². The second kappa shape index (κ2) is 5.95. The third-order valence-electron chi connectivity index (χ3n) is 2.71. The van der Waals surface area contributed by atoms with Gasteiger partial charge in [0, 0.05) is 32.7 Å². The Balaban J connectivity index is 2.43. The van der Waals surface area contributed by atoms with Crippen LogP contribution < -0.4 is 0 Å². The fourth-order valence-corrected chi connectivity index (χ4v) is 3.44. The molecule has 16 heavy (non-hydrogen) atoms. The first-order valence-electron chi connectivity index (χ1n) is 5.84. The number of hydrogen-bond donors (Lipinski definition) is 1. The van der Waals surface area contributed by atoms with Gasteiger partial charge in [-0.1, -0.05) is 6.92 Å². The SMILES string of the molecule is CCCS(=O)(=O)N1CCN(CC(C)O)CC1. The summed E-state index contributed by atoms with van der Waals surface area (Å²) in [5.74, 6) is 0.239. The van der Waals surface area contributed by atoms with Crippen molar-refractivity contribution in [2.24, 2.45) is 0 Å². The Bertz CT molecular complexity index is 295. The van der Waals surface area contributed by atoms with E-state index in [0.717, 1.165) is 0 Å². The number of sulfonamides is 1. The Morgan fingerprint density at radius 3 is 2.25 bits per heavy atom. The highest BCUT2D eigenvalue weighted by molar-refractivity contribution is 7.89. The zero-order valence-electron chi connectivity index (χ0n) is 10.1. The van der Waals surface area contributed by atoms with Crippen LogP contribution in [0, 0.1) is 0 Å². The minimum absolute atomic E-state index is 0.239. The van der Waals surface area contributed by atoms with Gasteiger partial charge in [-0.15, -0.1) is 0 Å². The molecule has 96 valence electrons. The van der Waals surface area contributed by atoms with Gasteiger partial charge < -0.3 is 5.11 Å². The Hall–Kier alpha value is -0.170. The van der Waals surface area contributed by atoms with Crippen molar-refractivity contribution in [2.75, 3.05) is 38.5 Å². The molecule has 5 nitrogen and oxygen atoms in total. The topological polar surface area (TPSA) is 60.9 Å². The molecule has 0 saturated carbocycles. The molecular formula is C10H22N2O3S. The Kier molecular flexibility index (Phi) is 5.17. The largest absolute Gasteiger partial charge is 0.392 e. The van der Waals surface area contributed by atoms with Crippen molar-refractivity contribution in [2.45, 2.75) is 26.4 Å². The standard InChI is InChI=1S/C10H22N2O3S/c1-3-8-16(14,15)12-6-4-11(5-7-12)9-10(2)13/h10,13H,3-9H2,1-2H3. The summed E-state index contributed by atoms with van der Waals surface area (Å²) in [6.07, 6.45) is 0.315. The smallest absolute Gasteiger partial charge is 0.214 e. The Labute approximate surface area is 98.1 Å². The molecule has 1 aliphatic rings. The van der Waals surface area contributed by atoms with Gasteiger partial charge in [0.1, 0.15) is 0 Å². The molecule has 0 aromatic carbocycles. The van der Waals surface area contributed by atoms with Crippen LogP contribution >= 0.6 is 0 Å². The minimum Gasteiger partial charge on any atom is -0.392 e. The summed E-state index contributed by atoms with van der Waals surface area (Å²) < 4.78 is 25.1. The fourth-order valence-electron chi connectivity index (χ4n) is 1.95. The molecule has 1 rings (SSSR count). The van der Waals surface area contributed by atoms with E-state index in [1.807, 2.05) is 6.92 Å². The summed E-state index contributed by atoms with van der Waals surface area (Å²) in [5, 5.41) is 9.24. The number of aliphatic hydroxyl groups is 1. The number of rotatable bonds is 5. The lowest BCUT2D eigenvalue weighted by molar-refractivity contribution is 0.103. The maximum absolute atomic E-state index is 11.8. The van der Waals surface area contributed by atoms with Gasteiger partial charge in [-0.3, -0.25) is 4.90 Å². The molecule has 0 radical (unpaired) electrons. The molecule has 1 aliphatic heterocycles. The zero-order valence-corrected chi connectivity index (χ0v) is 10.9. The van der Waals surface area contributed by atoms with E-state index in [0.29, 0.717) is 39.1 Å². The number of aliphatic hydroxyl groups excluding tert-OH is 1. The van der Waals surface area contributed by atoms with E-state index < -0.39 is 10.0 Å². The molecule has 1 atom stereocenters. The van der Waals surface area contributed by atoms with E-state index in [9.17, 15) is 13.5 Å². The maximum Gasteiger partial charge on any atom is 0.214 e. The van der Waals surface area contributed by atoms with Crippen molar-refractivity contribution < 1.29 is 13.5 Å². The predicted octanol–water partition coefficient (Wildman–Crippen LogP) is -0.275. The van der Waals surface area contributed by atoms with Crippen molar-refractivity contribution in [3.8, 4) is 0 Å². The lowest BCUT2D eigenvalue weighted by Gasteiger charge is -2.34. The average Bonchev–Trinajstić information content (AvgIpc) is 2.17.